The van der Waals surface area contributed by atoms with Crippen LogP contribution < -0.4 is 5.46 Å². The summed E-state index contributed by atoms with van der Waals surface area (Å²) in [5.41, 5.74) is -0.152. The highest BCUT2D eigenvalue weighted by Gasteiger charge is 2.53. The molecular formula is C20H25BF3NO3. The second-order valence-corrected chi connectivity index (χ2v) is 8.13. The lowest BCUT2D eigenvalue weighted by Crippen LogP contribution is -2.41. The van der Waals surface area contributed by atoms with Crippen molar-refractivity contribution in [2.45, 2.75) is 71.3 Å². The smallest absolute Gasteiger partial charge is 0.399 e. The number of rotatable bonds is 5. The molecule has 0 N–H and O–H groups in total. The lowest BCUT2D eigenvalue weighted by molar-refractivity contribution is -0.137. The van der Waals surface area contributed by atoms with Crippen molar-refractivity contribution in [1.29, 1.82) is 0 Å². The van der Waals surface area contributed by atoms with Gasteiger partial charge in [-0.2, -0.15) is 13.2 Å². The molecule has 1 aromatic carbocycles. The summed E-state index contributed by atoms with van der Waals surface area (Å²) in [5.74, 6) is 0.648. The minimum atomic E-state index is -4.39. The van der Waals surface area contributed by atoms with E-state index >= 15 is 0 Å². The van der Waals surface area contributed by atoms with Gasteiger partial charge in [0, 0.05) is 12.0 Å². The van der Waals surface area contributed by atoms with Crippen LogP contribution in [-0.2, 0) is 21.9 Å². The van der Waals surface area contributed by atoms with Crippen LogP contribution in [0.15, 0.2) is 28.8 Å². The Kier molecular flexibility index (Phi) is 5.40. The van der Waals surface area contributed by atoms with Crippen LogP contribution in [0.25, 0.3) is 11.3 Å². The molecule has 1 aliphatic rings. The molecular weight excluding hydrogens is 370 g/mol. The quantitative estimate of drug-likeness (QED) is 0.669. The van der Waals surface area contributed by atoms with Crippen molar-refractivity contribution >= 4 is 12.6 Å². The molecule has 1 aromatic heterocycles. The van der Waals surface area contributed by atoms with Crippen LogP contribution in [0.4, 0.5) is 13.2 Å². The fourth-order valence-electron chi connectivity index (χ4n) is 3.08. The number of hydrogen-bond donors (Lipinski definition) is 0. The van der Waals surface area contributed by atoms with Crippen LogP contribution in [-0.4, -0.2) is 23.5 Å². The fraction of sp³-hybridized carbons (Fsp3) is 0.550. The summed E-state index contributed by atoms with van der Waals surface area (Å²) in [6.45, 7) is 9.86. The van der Waals surface area contributed by atoms with Crippen molar-refractivity contribution < 1.29 is 27.0 Å². The first-order chi connectivity index (χ1) is 13.0. The summed E-state index contributed by atoms with van der Waals surface area (Å²) < 4.78 is 56.6. The number of alkyl halides is 3. The number of aryl methyl sites for hydroxylation is 1. The van der Waals surface area contributed by atoms with E-state index in [9.17, 15) is 13.2 Å². The molecule has 152 valence electrons. The Bertz CT molecular complexity index is 812. The molecule has 1 fully saturated rings. The predicted molar refractivity (Wildman–Crippen MR) is 101 cm³/mol. The molecule has 2 heterocycles. The zero-order chi connectivity index (χ0) is 20.7. The summed E-state index contributed by atoms with van der Waals surface area (Å²) in [5, 5.41) is 4.16. The zero-order valence-corrected chi connectivity index (χ0v) is 16.8. The molecule has 8 heteroatoms. The SMILES string of the molecule is CCCCc1onc(-c2ccc(C(F)(F)F)cc2)c1B1OC(C)(C)C(C)(C)O1. The van der Waals surface area contributed by atoms with Crippen molar-refractivity contribution in [2.24, 2.45) is 0 Å². The topological polar surface area (TPSA) is 44.5 Å². The van der Waals surface area contributed by atoms with Crippen molar-refractivity contribution in [3.63, 3.8) is 0 Å². The summed E-state index contributed by atoms with van der Waals surface area (Å²) >= 11 is 0. The van der Waals surface area contributed by atoms with Crippen molar-refractivity contribution in [2.75, 3.05) is 0 Å². The van der Waals surface area contributed by atoms with Gasteiger partial charge in [-0.3, -0.25) is 0 Å². The first kappa shape index (κ1) is 20.9. The van der Waals surface area contributed by atoms with E-state index in [0.717, 1.165) is 25.0 Å². The second-order valence-electron chi connectivity index (χ2n) is 8.13. The molecule has 1 saturated heterocycles. The lowest BCUT2D eigenvalue weighted by Gasteiger charge is -2.32. The van der Waals surface area contributed by atoms with Crippen LogP contribution in [0.2, 0.25) is 0 Å². The Labute approximate surface area is 163 Å². The zero-order valence-electron chi connectivity index (χ0n) is 16.8. The monoisotopic (exact) mass is 395 g/mol. The highest BCUT2D eigenvalue weighted by molar-refractivity contribution is 6.64. The third kappa shape index (κ3) is 3.85. The standard InChI is InChI=1S/C20H25BF3NO3/c1-6-7-8-15-16(21-27-18(2,3)19(4,5)28-21)17(25-26-15)13-9-11-14(12-10-13)20(22,23)24/h9-12H,6-8H2,1-5H3. The highest BCUT2D eigenvalue weighted by Crippen LogP contribution is 2.38. The average Bonchev–Trinajstić information content (AvgIpc) is 3.10. The molecule has 28 heavy (non-hydrogen) atoms. The van der Waals surface area contributed by atoms with Crippen molar-refractivity contribution in [3.05, 3.63) is 35.6 Å². The van der Waals surface area contributed by atoms with E-state index in [1.54, 1.807) is 0 Å². The minimum Gasteiger partial charge on any atom is -0.399 e. The van der Waals surface area contributed by atoms with Crippen LogP contribution in [0.1, 0.15) is 58.8 Å². The first-order valence-corrected chi connectivity index (χ1v) is 9.48. The molecule has 0 amide bonds. The van der Waals surface area contributed by atoms with Gasteiger partial charge in [-0.25, -0.2) is 0 Å². The van der Waals surface area contributed by atoms with Crippen LogP contribution >= 0.6 is 0 Å². The Balaban J connectivity index is 2.02. The van der Waals surface area contributed by atoms with E-state index in [4.69, 9.17) is 13.8 Å². The van der Waals surface area contributed by atoms with E-state index < -0.39 is 30.1 Å². The molecule has 0 saturated carbocycles. The molecule has 0 radical (unpaired) electrons. The third-order valence-electron chi connectivity index (χ3n) is 5.53. The third-order valence-corrected chi connectivity index (χ3v) is 5.53. The fourth-order valence-corrected chi connectivity index (χ4v) is 3.08. The normalized spacial score (nSPS) is 18.6. The molecule has 0 spiro atoms. The van der Waals surface area contributed by atoms with Gasteiger partial charge in [0.2, 0.25) is 0 Å². The second kappa shape index (κ2) is 7.23. The number of hydrogen-bond acceptors (Lipinski definition) is 4. The van der Waals surface area contributed by atoms with E-state index in [2.05, 4.69) is 12.1 Å². The van der Waals surface area contributed by atoms with Gasteiger partial charge in [0.05, 0.1) is 22.2 Å². The van der Waals surface area contributed by atoms with Crippen LogP contribution in [0.3, 0.4) is 0 Å². The number of nitrogens with zero attached hydrogens (tertiary/aromatic N) is 1. The number of benzene rings is 1. The molecule has 4 nitrogen and oxygen atoms in total. The van der Waals surface area contributed by atoms with Gasteiger partial charge in [0.25, 0.3) is 0 Å². The van der Waals surface area contributed by atoms with Gasteiger partial charge in [-0.05, 0) is 46.2 Å². The van der Waals surface area contributed by atoms with Gasteiger partial charge >= 0.3 is 13.3 Å². The highest BCUT2D eigenvalue weighted by atomic mass is 19.4. The molecule has 3 rings (SSSR count). The molecule has 0 atom stereocenters. The summed E-state index contributed by atoms with van der Waals surface area (Å²) in [6, 6.07) is 4.89. The average molecular weight is 395 g/mol. The van der Waals surface area contributed by atoms with Crippen molar-refractivity contribution in [1.82, 2.24) is 5.16 Å². The molecule has 2 aromatic rings. The van der Waals surface area contributed by atoms with E-state index in [0.29, 0.717) is 28.9 Å². The first-order valence-electron chi connectivity index (χ1n) is 9.48. The maximum Gasteiger partial charge on any atom is 0.500 e. The maximum atomic E-state index is 12.9. The lowest BCUT2D eigenvalue weighted by atomic mass is 9.75. The summed E-state index contributed by atoms with van der Waals surface area (Å²) in [6.07, 6.45) is -1.86. The van der Waals surface area contributed by atoms with Crippen molar-refractivity contribution in [3.8, 4) is 11.3 Å². The minimum absolute atomic E-state index is 0.457. The van der Waals surface area contributed by atoms with Gasteiger partial charge in [0.1, 0.15) is 11.5 Å². The molecule has 1 aliphatic heterocycles. The van der Waals surface area contributed by atoms with E-state index in [-0.39, 0.29) is 0 Å². The Morgan fingerprint density at radius 2 is 1.57 bits per heavy atom. The summed E-state index contributed by atoms with van der Waals surface area (Å²) in [4.78, 5) is 0. The largest absolute Gasteiger partial charge is 0.500 e. The van der Waals surface area contributed by atoms with Gasteiger partial charge in [-0.15, -0.1) is 0 Å². The number of aromatic nitrogens is 1. The summed E-state index contributed by atoms with van der Waals surface area (Å²) in [7, 11) is -0.694. The van der Waals surface area contributed by atoms with E-state index in [1.807, 2.05) is 27.7 Å². The van der Waals surface area contributed by atoms with Crippen LogP contribution in [0.5, 0.6) is 0 Å². The molecule has 0 bridgehead atoms. The maximum absolute atomic E-state index is 12.9. The van der Waals surface area contributed by atoms with Gasteiger partial charge in [0.15, 0.2) is 0 Å². The Morgan fingerprint density at radius 1 is 1.00 bits per heavy atom. The van der Waals surface area contributed by atoms with Crippen LogP contribution in [0, 0.1) is 0 Å². The Hall–Kier alpha value is -1.80. The van der Waals surface area contributed by atoms with Gasteiger partial charge in [-0.1, -0.05) is 30.6 Å². The Morgan fingerprint density at radius 3 is 2.07 bits per heavy atom. The predicted octanol–water partition coefficient (Wildman–Crippen LogP) is 5.00. The number of halogens is 3. The van der Waals surface area contributed by atoms with E-state index in [1.165, 1.54) is 12.1 Å². The molecule has 0 aliphatic carbocycles. The number of unbranched alkanes of at least 4 members (excludes halogenated alkanes) is 1. The van der Waals surface area contributed by atoms with Gasteiger partial charge < -0.3 is 13.8 Å². The molecule has 0 unspecified atom stereocenters.